The van der Waals surface area contributed by atoms with Crippen molar-refractivity contribution in [1.82, 2.24) is 4.90 Å². The molecule has 0 aromatic heterocycles. The maximum absolute atomic E-state index is 11.9. The quantitative estimate of drug-likeness (QED) is 0.456. The van der Waals surface area contributed by atoms with Gasteiger partial charge in [-0.1, -0.05) is 46.5 Å². The maximum atomic E-state index is 11.9. The van der Waals surface area contributed by atoms with Gasteiger partial charge in [0, 0.05) is 13.1 Å². The van der Waals surface area contributed by atoms with Gasteiger partial charge in [0.15, 0.2) is 0 Å². The van der Waals surface area contributed by atoms with Crippen molar-refractivity contribution in [3.8, 4) is 0 Å². The number of nitrogens with two attached hydrogens (primary N) is 1. The average Bonchev–Trinajstić information content (AvgIpc) is 2.81. The average molecular weight is 388 g/mol. The molecule has 1 heterocycles. The van der Waals surface area contributed by atoms with Gasteiger partial charge in [-0.3, -0.25) is 4.79 Å². The van der Waals surface area contributed by atoms with Crippen LogP contribution >= 0.6 is 34.8 Å². The molecule has 2 N–H and O–H groups in total. The zero-order valence-electron chi connectivity index (χ0n) is 13.3. The number of hydrogen-bond donors (Lipinski definition) is 1. The van der Waals surface area contributed by atoms with Gasteiger partial charge in [-0.15, -0.1) is 0 Å². The van der Waals surface area contributed by atoms with Crippen molar-refractivity contribution in [3.05, 3.63) is 11.6 Å². The Hall–Kier alpha value is -0.690. The lowest BCUT2D eigenvalue weighted by atomic mass is 10.1. The second kappa shape index (κ2) is 7.92. The fraction of sp³-hybridized carbons (Fsp3) is 0.714. The SMILES string of the molecule is CC(C)(C)OC(=O)N1CC=C(CC(N)C(=O)OCC(Cl)(Cl)Cl)C1. The predicted octanol–water partition coefficient (Wildman–Crippen LogP) is 2.79. The minimum absolute atomic E-state index is 0.262. The van der Waals surface area contributed by atoms with Crippen molar-refractivity contribution >= 4 is 46.9 Å². The summed E-state index contributed by atoms with van der Waals surface area (Å²) in [5.41, 5.74) is 6.07. The van der Waals surface area contributed by atoms with E-state index in [2.05, 4.69) is 0 Å². The lowest BCUT2D eigenvalue weighted by Gasteiger charge is -2.24. The van der Waals surface area contributed by atoms with Crippen LogP contribution in [0.25, 0.3) is 0 Å². The summed E-state index contributed by atoms with van der Waals surface area (Å²) >= 11 is 16.5. The van der Waals surface area contributed by atoms with Crippen LogP contribution in [0.2, 0.25) is 0 Å². The molecule has 0 aliphatic carbocycles. The van der Waals surface area contributed by atoms with Crippen LogP contribution in [-0.4, -0.2) is 52.1 Å². The van der Waals surface area contributed by atoms with Gasteiger partial charge >= 0.3 is 12.1 Å². The highest BCUT2D eigenvalue weighted by atomic mass is 35.6. The summed E-state index contributed by atoms with van der Waals surface area (Å²) < 4.78 is 8.44. The van der Waals surface area contributed by atoms with E-state index in [0.29, 0.717) is 13.1 Å². The second-order valence-electron chi connectivity index (χ2n) is 6.26. The molecule has 0 radical (unpaired) electrons. The lowest BCUT2D eigenvalue weighted by Crippen LogP contribution is -2.37. The van der Waals surface area contributed by atoms with E-state index in [0.717, 1.165) is 5.57 Å². The van der Waals surface area contributed by atoms with Gasteiger partial charge in [-0.2, -0.15) is 0 Å². The highest BCUT2D eigenvalue weighted by Gasteiger charge is 2.28. The molecular formula is C14H21Cl3N2O4. The summed E-state index contributed by atoms with van der Waals surface area (Å²) in [4.78, 5) is 25.2. The number of carbonyl (C=O) groups is 2. The number of ether oxygens (including phenoxy) is 2. The van der Waals surface area contributed by atoms with Crippen LogP contribution in [0, 0.1) is 0 Å². The summed E-state index contributed by atoms with van der Waals surface area (Å²) in [5, 5.41) is 0. The van der Waals surface area contributed by atoms with Crippen LogP contribution in [0.3, 0.4) is 0 Å². The standard InChI is InChI=1S/C14H21Cl3N2O4/c1-13(2,3)23-12(21)19-5-4-9(7-19)6-10(18)11(20)22-8-14(15,16)17/h4,10H,5-8,18H2,1-3H3. The van der Waals surface area contributed by atoms with Crippen LogP contribution in [0.15, 0.2) is 11.6 Å². The fourth-order valence-corrected chi connectivity index (χ4v) is 2.02. The maximum Gasteiger partial charge on any atom is 0.410 e. The molecule has 9 heteroatoms. The first-order chi connectivity index (χ1) is 10.4. The van der Waals surface area contributed by atoms with Gasteiger partial charge in [0.2, 0.25) is 3.79 Å². The fourth-order valence-electron chi connectivity index (χ4n) is 1.85. The number of nitrogens with zero attached hydrogens (tertiary/aromatic N) is 1. The molecule has 1 rings (SSSR count). The van der Waals surface area contributed by atoms with Crippen LogP contribution in [0.5, 0.6) is 0 Å². The first kappa shape index (κ1) is 20.4. The molecule has 0 fully saturated rings. The molecule has 6 nitrogen and oxygen atoms in total. The first-order valence-electron chi connectivity index (χ1n) is 7.02. The van der Waals surface area contributed by atoms with Crippen molar-refractivity contribution in [2.24, 2.45) is 5.73 Å². The number of carbonyl (C=O) groups excluding carboxylic acids is 2. The topological polar surface area (TPSA) is 81.9 Å². The van der Waals surface area contributed by atoms with Crippen molar-refractivity contribution in [3.63, 3.8) is 0 Å². The van der Waals surface area contributed by atoms with Crippen molar-refractivity contribution in [1.29, 1.82) is 0 Å². The Kier molecular flexibility index (Phi) is 7.01. The molecule has 1 unspecified atom stereocenters. The number of hydrogen-bond acceptors (Lipinski definition) is 5. The van der Waals surface area contributed by atoms with E-state index in [-0.39, 0.29) is 13.0 Å². The molecule has 1 aliphatic rings. The Bertz CT molecular complexity index is 483. The van der Waals surface area contributed by atoms with Crippen LogP contribution in [-0.2, 0) is 14.3 Å². The van der Waals surface area contributed by atoms with Gasteiger partial charge in [0.05, 0.1) is 0 Å². The van der Waals surface area contributed by atoms with Crippen molar-refractivity contribution in [2.75, 3.05) is 19.7 Å². The third kappa shape index (κ3) is 8.11. The Labute approximate surface area is 150 Å². The molecule has 1 aliphatic heterocycles. The Morgan fingerprint density at radius 1 is 1.35 bits per heavy atom. The highest BCUT2D eigenvalue weighted by Crippen LogP contribution is 2.26. The van der Waals surface area contributed by atoms with E-state index in [1.165, 1.54) is 4.90 Å². The summed E-state index contributed by atoms with van der Waals surface area (Å²) in [6.45, 7) is 5.80. The summed E-state index contributed by atoms with van der Waals surface area (Å²) in [5.74, 6) is -0.659. The number of amides is 1. The van der Waals surface area contributed by atoms with E-state index in [1.807, 2.05) is 6.08 Å². The molecule has 0 aromatic rings. The molecular weight excluding hydrogens is 367 g/mol. The second-order valence-corrected chi connectivity index (χ2v) is 8.77. The molecule has 23 heavy (non-hydrogen) atoms. The van der Waals surface area contributed by atoms with E-state index >= 15 is 0 Å². The van der Waals surface area contributed by atoms with Gasteiger partial charge in [-0.05, 0) is 27.2 Å². The molecule has 1 atom stereocenters. The van der Waals surface area contributed by atoms with Gasteiger partial charge < -0.3 is 20.1 Å². The Morgan fingerprint density at radius 3 is 2.48 bits per heavy atom. The van der Waals surface area contributed by atoms with Crippen molar-refractivity contribution in [2.45, 2.75) is 42.6 Å². The summed E-state index contributed by atoms with van der Waals surface area (Å²) in [7, 11) is 0. The zero-order valence-corrected chi connectivity index (χ0v) is 15.5. The Balaban J connectivity index is 2.42. The largest absolute Gasteiger partial charge is 0.460 e. The van der Waals surface area contributed by atoms with Crippen molar-refractivity contribution < 1.29 is 19.1 Å². The monoisotopic (exact) mass is 386 g/mol. The highest BCUT2D eigenvalue weighted by molar-refractivity contribution is 6.67. The van der Waals surface area contributed by atoms with Crippen LogP contribution < -0.4 is 5.73 Å². The minimum Gasteiger partial charge on any atom is -0.460 e. The van der Waals surface area contributed by atoms with E-state index in [1.54, 1.807) is 20.8 Å². The van der Waals surface area contributed by atoms with Crippen LogP contribution in [0.1, 0.15) is 27.2 Å². The predicted molar refractivity (Wildman–Crippen MR) is 89.7 cm³/mol. The first-order valence-corrected chi connectivity index (χ1v) is 8.15. The third-order valence-corrected chi connectivity index (χ3v) is 3.14. The lowest BCUT2D eigenvalue weighted by molar-refractivity contribution is -0.145. The molecule has 0 spiro atoms. The van der Waals surface area contributed by atoms with E-state index < -0.39 is 27.5 Å². The number of alkyl halides is 3. The minimum atomic E-state index is -1.67. The molecule has 0 saturated heterocycles. The normalized spacial score (nSPS) is 16.8. The summed E-state index contributed by atoms with van der Waals surface area (Å²) in [6, 6.07) is -0.882. The van der Waals surface area contributed by atoms with Gasteiger partial charge in [-0.25, -0.2) is 4.79 Å². The molecule has 132 valence electrons. The number of esters is 1. The molecule has 1 amide bonds. The van der Waals surface area contributed by atoms with Gasteiger partial charge in [0.1, 0.15) is 18.2 Å². The van der Waals surface area contributed by atoms with E-state index in [9.17, 15) is 9.59 Å². The smallest absolute Gasteiger partial charge is 0.410 e. The number of halogens is 3. The van der Waals surface area contributed by atoms with Crippen LogP contribution in [0.4, 0.5) is 4.79 Å². The van der Waals surface area contributed by atoms with E-state index in [4.69, 9.17) is 50.0 Å². The summed E-state index contributed by atoms with van der Waals surface area (Å²) in [6.07, 6.45) is 1.69. The third-order valence-electron chi connectivity index (χ3n) is 2.81. The molecule has 0 aromatic carbocycles. The van der Waals surface area contributed by atoms with Gasteiger partial charge in [0.25, 0.3) is 0 Å². The molecule has 0 bridgehead atoms. The zero-order chi connectivity index (χ0) is 17.8. The molecule has 0 saturated carbocycles. The Morgan fingerprint density at radius 2 is 1.96 bits per heavy atom. The number of rotatable bonds is 4.